The van der Waals surface area contributed by atoms with Crippen molar-refractivity contribution < 1.29 is 37.4 Å². The first-order valence-electron chi connectivity index (χ1n) is 4.94. The SMILES string of the molecule is CC.CC(C)OCc1ccccc1.[Y]. The van der Waals surface area contributed by atoms with E-state index in [1.165, 1.54) is 5.56 Å². The van der Waals surface area contributed by atoms with Crippen molar-refractivity contribution in [1.29, 1.82) is 0 Å². The van der Waals surface area contributed by atoms with E-state index in [2.05, 4.69) is 12.1 Å². The quantitative estimate of drug-likeness (QED) is 0.814. The molecule has 0 spiro atoms. The molecule has 0 saturated carbocycles. The molecule has 0 heterocycles. The van der Waals surface area contributed by atoms with Gasteiger partial charge >= 0.3 is 0 Å². The van der Waals surface area contributed by atoms with E-state index in [0.29, 0.717) is 6.10 Å². The zero-order chi connectivity index (χ0) is 10.1. The second-order valence-electron chi connectivity index (χ2n) is 2.85. The van der Waals surface area contributed by atoms with Crippen LogP contribution in [0.1, 0.15) is 33.3 Å². The van der Waals surface area contributed by atoms with E-state index in [1.807, 2.05) is 45.9 Å². The molecule has 1 aromatic carbocycles. The summed E-state index contributed by atoms with van der Waals surface area (Å²) in [4.78, 5) is 0. The summed E-state index contributed by atoms with van der Waals surface area (Å²) < 4.78 is 5.43. The summed E-state index contributed by atoms with van der Waals surface area (Å²) in [5.74, 6) is 0. The van der Waals surface area contributed by atoms with E-state index in [-0.39, 0.29) is 32.7 Å². The number of ether oxygens (including phenoxy) is 1. The molecular weight excluding hydrogens is 249 g/mol. The van der Waals surface area contributed by atoms with Gasteiger partial charge in [-0.1, -0.05) is 44.2 Å². The van der Waals surface area contributed by atoms with Gasteiger partial charge in [0, 0.05) is 32.7 Å². The Morgan fingerprint density at radius 3 is 2.00 bits per heavy atom. The molecule has 1 radical (unpaired) electrons. The largest absolute Gasteiger partial charge is 0.374 e. The molecule has 0 atom stereocenters. The van der Waals surface area contributed by atoms with Crippen LogP contribution in [0.2, 0.25) is 0 Å². The van der Waals surface area contributed by atoms with Crippen molar-refractivity contribution >= 4 is 0 Å². The average Bonchev–Trinajstić information content (AvgIpc) is 2.19. The van der Waals surface area contributed by atoms with E-state index in [1.54, 1.807) is 0 Å². The van der Waals surface area contributed by atoms with Gasteiger partial charge in [-0.05, 0) is 19.4 Å². The van der Waals surface area contributed by atoms with Crippen molar-refractivity contribution in [3.05, 3.63) is 35.9 Å². The van der Waals surface area contributed by atoms with Crippen molar-refractivity contribution in [3.8, 4) is 0 Å². The maximum absolute atomic E-state index is 5.43. The van der Waals surface area contributed by atoms with Crippen LogP contribution in [0.25, 0.3) is 0 Å². The van der Waals surface area contributed by atoms with Gasteiger partial charge in [0.05, 0.1) is 12.7 Å². The predicted molar refractivity (Wildman–Crippen MR) is 57.7 cm³/mol. The fraction of sp³-hybridized carbons (Fsp3) is 0.500. The third kappa shape index (κ3) is 8.86. The molecule has 1 rings (SSSR count). The first-order chi connectivity index (χ1) is 6.29. The fourth-order valence-electron chi connectivity index (χ4n) is 0.837. The van der Waals surface area contributed by atoms with E-state index in [4.69, 9.17) is 4.74 Å². The van der Waals surface area contributed by atoms with Crippen LogP contribution in [-0.4, -0.2) is 6.10 Å². The van der Waals surface area contributed by atoms with Crippen LogP contribution in [0.3, 0.4) is 0 Å². The normalized spacial score (nSPS) is 8.64. The van der Waals surface area contributed by atoms with Crippen molar-refractivity contribution in [1.82, 2.24) is 0 Å². The molecule has 0 aliphatic carbocycles. The van der Waals surface area contributed by atoms with Crippen LogP contribution >= 0.6 is 0 Å². The maximum atomic E-state index is 5.43. The Labute approximate surface area is 113 Å². The Morgan fingerprint density at radius 1 is 1.07 bits per heavy atom. The molecular formula is C12H20OY. The Morgan fingerprint density at radius 2 is 1.57 bits per heavy atom. The Balaban J connectivity index is 0. The van der Waals surface area contributed by atoms with Gasteiger partial charge in [0.1, 0.15) is 0 Å². The van der Waals surface area contributed by atoms with Crippen LogP contribution in [0, 0.1) is 0 Å². The molecule has 77 valence electrons. The molecule has 14 heavy (non-hydrogen) atoms. The third-order valence-corrected chi connectivity index (χ3v) is 1.43. The van der Waals surface area contributed by atoms with Gasteiger partial charge in [0.25, 0.3) is 0 Å². The molecule has 1 aromatic rings. The van der Waals surface area contributed by atoms with E-state index in [9.17, 15) is 0 Å². The molecule has 2 heteroatoms. The van der Waals surface area contributed by atoms with Crippen LogP contribution in [-0.2, 0) is 44.1 Å². The van der Waals surface area contributed by atoms with Gasteiger partial charge in [-0.3, -0.25) is 0 Å². The summed E-state index contributed by atoms with van der Waals surface area (Å²) in [6.07, 6.45) is 0.315. The molecule has 0 aliphatic rings. The van der Waals surface area contributed by atoms with Crippen molar-refractivity contribution in [2.45, 2.75) is 40.4 Å². The predicted octanol–water partition coefficient (Wildman–Crippen LogP) is 3.64. The first-order valence-corrected chi connectivity index (χ1v) is 4.94. The molecule has 0 fully saturated rings. The molecule has 1 nitrogen and oxygen atoms in total. The molecule has 0 aromatic heterocycles. The third-order valence-electron chi connectivity index (χ3n) is 1.43. The Kier molecular flexibility index (Phi) is 13.6. The van der Waals surface area contributed by atoms with E-state index < -0.39 is 0 Å². The van der Waals surface area contributed by atoms with Crippen molar-refractivity contribution in [2.75, 3.05) is 0 Å². The number of hydrogen-bond acceptors (Lipinski definition) is 1. The Bertz CT molecular complexity index is 197. The first kappa shape index (κ1) is 16.7. The molecule has 0 aliphatic heterocycles. The summed E-state index contributed by atoms with van der Waals surface area (Å²) in [7, 11) is 0. The minimum absolute atomic E-state index is 0. The minimum atomic E-state index is 0. The zero-order valence-corrected chi connectivity index (χ0v) is 12.5. The molecule has 0 bridgehead atoms. The van der Waals surface area contributed by atoms with Crippen molar-refractivity contribution in [2.24, 2.45) is 0 Å². The maximum Gasteiger partial charge on any atom is 0.0720 e. The standard InChI is InChI=1S/C10H14O.C2H6.Y/c1-9(2)11-8-10-6-4-3-5-7-10;1-2;/h3-7,9H,8H2,1-2H3;1-2H3;. The van der Waals surface area contributed by atoms with Crippen LogP contribution < -0.4 is 0 Å². The molecule has 0 saturated heterocycles. The van der Waals surface area contributed by atoms with Gasteiger partial charge in [-0.15, -0.1) is 0 Å². The average molecular weight is 269 g/mol. The summed E-state index contributed by atoms with van der Waals surface area (Å²) >= 11 is 0. The topological polar surface area (TPSA) is 9.23 Å². The second kappa shape index (κ2) is 11.4. The van der Waals surface area contributed by atoms with Crippen LogP contribution in [0.4, 0.5) is 0 Å². The number of rotatable bonds is 3. The number of hydrogen-bond donors (Lipinski definition) is 0. The second-order valence-corrected chi connectivity index (χ2v) is 2.85. The fourth-order valence-corrected chi connectivity index (χ4v) is 0.837. The smallest absolute Gasteiger partial charge is 0.0720 e. The van der Waals surface area contributed by atoms with Gasteiger partial charge in [0.15, 0.2) is 0 Å². The van der Waals surface area contributed by atoms with Gasteiger partial charge in [0.2, 0.25) is 0 Å². The number of benzene rings is 1. The van der Waals surface area contributed by atoms with Gasteiger partial charge in [-0.25, -0.2) is 0 Å². The van der Waals surface area contributed by atoms with Crippen molar-refractivity contribution in [3.63, 3.8) is 0 Å². The van der Waals surface area contributed by atoms with Crippen LogP contribution in [0.15, 0.2) is 30.3 Å². The zero-order valence-electron chi connectivity index (χ0n) is 9.66. The summed E-state index contributed by atoms with van der Waals surface area (Å²) in [5.41, 5.74) is 1.24. The molecule has 0 amide bonds. The van der Waals surface area contributed by atoms with E-state index >= 15 is 0 Å². The Hall–Kier alpha value is 0.284. The van der Waals surface area contributed by atoms with Gasteiger partial charge in [-0.2, -0.15) is 0 Å². The van der Waals surface area contributed by atoms with Crippen LogP contribution in [0.5, 0.6) is 0 Å². The summed E-state index contributed by atoms with van der Waals surface area (Å²) in [5, 5.41) is 0. The summed E-state index contributed by atoms with van der Waals surface area (Å²) in [6.45, 7) is 8.81. The molecule has 0 unspecified atom stereocenters. The van der Waals surface area contributed by atoms with Gasteiger partial charge < -0.3 is 4.74 Å². The minimum Gasteiger partial charge on any atom is -0.374 e. The summed E-state index contributed by atoms with van der Waals surface area (Å²) in [6, 6.07) is 10.2. The van der Waals surface area contributed by atoms with E-state index in [0.717, 1.165) is 6.61 Å². The molecule has 0 N–H and O–H groups in total. The monoisotopic (exact) mass is 269 g/mol.